The van der Waals surface area contributed by atoms with Gasteiger partial charge in [0, 0.05) is 86.4 Å². The quantitative estimate of drug-likeness (QED) is 0.0491. The lowest BCUT2D eigenvalue weighted by Gasteiger charge is -2.45. The second kappa shape index (κ2) is 19.3. The number of terminal acetylenes is 1. The number of ether oxygens (including phenoxy) is 2. The number of nitrogens with one attached hydrogen (secondary N) is 4. The van der Waals surface area contributed by atoms with Crippen LogP contribution in [0.4, 0.5) is 5.95 Å². The SMILES string of the molecule is C#CCNC1(C)CCN(C2CCN(c3nc([C@@](COCNC(=O)CNC(=O)CCC(N)=O)(OC4CC4)c4ccccc4)c4cc(-c5cn(C)c(=O)c6[nH]ccc56)ccc4n3)CC2)CC1. The summed E-state index contributed by atoms with van der Waals surface area (Å²) in [6, 6.07) is 18.4. The van der Waals surface area contributed by atoms with Crippen LogP contribution in [0.2, 0.25) is 0 Å². The summed E-state index contributed by atoms with van der Waals surface area (Å²) in [5.41, 5.74) is 8.31. The molecule has 1 aliphatic carbocycles. The van der Waals surface area contributed by atoms with Gasteiger partial charge in [-0.25, -0.2) is 9.97 Å². The molecule has 1 atom stereocenters. The average molecular weight is 871 g/mol. The minimum Gasteiger partial charge on any atom is -0.370 e. The molecular formula is C48H58N10O6. The Morgan fingerprint density at radius 1 is 0.969 bits per heavy atom. The first kappa shape index (κ1) is 44.5. The first-order valence-corrected chi connectivity index (χ1v) is 22.2. The van der Waals surface area contributed by atoms with E-state index in [4.69, 9.17) is 31.6 Å². The van der Waals surface area contributed by atoms with Crippen molar-refractivity contribution in [3.63, 3.8) is 0 Å². The number of H-pyrrole nitrogens is 1. The van der Waals surface area contributed by atoms with Crippen LogP contribution in [-0.4, -0.2) is 112 Å². The Balaban J connectivity index is 1.13. The van der Waals surface area contributed by atoms with Crippen molar-refractivity contribution in [2.75, 3.05) is 57.5 Å². The highest BCUT2D eigenvalue weighted by atomic mass is 16.6. The highest BCUT2D eigenvalue weighted by molar-refractivity contribution is 5.97. The Bertz CT molecular complexity index is 2580. The smallest absolute Gasteiger partial charge is 0.274 e. The number of nitrogens with two attached hydrogens (primary N) is 1. The van der Waals surface area contributed by atoms with Crippen LogP contribution in [0.1, 0.15) is 69.5 Å². The van der Waals surface area contributed by atoms with Gasteiger partial charge in [-0.1, -0.05) is 42.3 Å². The lowest BCUT2D eigenvalue weighted by molar-refractivity contribution is -0.129. The monoisotopic (exact) mass is 870 g/mol. The summed E-state index contributed by atoms with van der Waals surface area (Å²) in [5, 5.41) is 10.4. The molecule has 2 saturated heterocycles. The summed E-state index contributed by atoms with van der Waals surface area (Å²) >= 11 is 0. The van der Waals surface area contributed by atoms with E-state index in [0.29, 0.717) is 29.7 Å². The van der Waals surface area contributed by atoms with E-state index in [9.17, 15) is 19.2 Å². The highest BCUT2D eigenvalue weighted by Crippen LogP contribution is 2.44. The van der Waals surface area contributed by atoms with Crippen molar-refractivity contribution in [1.29, 1.82) is 0 Å². The maximum atomic E-state index is 13.1. The van der Waals surface area contributed by atoms with Crippen LogP contribution in [0.15, 0.2) is 71.8 Å². The zero-order valence-electron chi connectivity index (χ0n) is 36.7. The standard InChI is InChI=1S/C48H58N10O6/c1-4-21-53-47(2)19-25-57(26-20-47)34-17-23-58(24-18-34)46-54-39-13-10-32(38-29-56(3)45(62)43-36(38)16-22-50-43)27-37(39)44(55-46)48(64-35-11-12-35,33-8-6-5-7-9-33)30-63-31-52-42(61)28-51-41(60)15-14-40(49)59/h1,5-10,13,16,22,27,29,34-35,50,53H,11-12,14-15,17-21,23-26,28,30-31H2,2-3H3,(H2,49,59)(H,51,60)(H,52,61)/t48-/m0/s1. The number of nitrogens with zero attached hydrogens (tertiary/aromatic N) is 5. The molecule has 3 fully saturated rings. The van der Waals surface area contributed by atoms with Crippen LogP contribution < -0.4 is 32.1 Å². The number of amides is 3. The van der Waals surface area contributed by atoms with Crippen molar-refractivity contribution in [3.05, 3.63) is 88.6 Å². The van der Waals surface area contributed by atoms with E-state index in [1.54, 1.807) is 17.8 Å². The minimum atomic E-state index is -1.25. The summed E-state index contributed by atoms with van der Waals surface area (Å²) in [6.45, 7) is 5.98. The lowest BCUT2D eigenvalue weighted by atomic mass is 9.87. The van der Waals surface area contributed by atoms with Gasteiger partial charge in [0.15, 0.2) is 5.60 Å². The van der Waals surface area contributed by atoms with Gasteiger partial charge in [0.05, 0.1) is 37.0 Å². The number of likely N-dealkylation sites (tertiary alicyclic amines) is 1. The Kier molecular flexibility index (Phi) is 13.4. The third-order valence-corrected chi connectivity index (χ3v) is 12.9. The van der Waals surface area contributed by atoms with Crippen molar-refractivity contribution >= 4 is 45.5 Å². The molecule has 5 aromatic rings. The zero-order chi connectivity index (χ0) is 44.8. The molecular weight excluding hydrogens is 813 g/mol. The fourth-order valence-electron chi connectivity index (χ4n) is 9.00. The largest absolute Gasteiger partial charge is 0.370 e. The van der Waals surface area contributed by atoms with E-state index in [0.717, 1.165) is 97.7 Å². The Hall–Kier alpha value is -6.12. The van der Waals surface area contributed by atoms with Crippen molar-refractivity contribution in [1.82, 2.24) is 40.4 Å². The number of pyridine rings is 1. The molecule has 5 heterocycles. The number of carbonyl (C=O) groups excluding carboxylic acids is 3. The molecule has 0 radical (unpaired) electrons. The van der Waals surface area contributed by atoms with E-state index < -0.39 is 23.3 Å². The molecule has 6 N–H and O–H groups in total. The molecule has 3 aliphatic rings. The fraction of sp³-hybridized carbons (Fsp3) is 0.458. The van der Waals surface area contributed by atoms with E-state index in [-0.39, 0.29) is 49.9 Å². The van der Waals surface area contributed by atoms with Crippen LogP contribution in [0.5, 0.6) is 0 Å². The molecule has 8 rings (SSSR count). The maximum absolute atomic E-state index is 13.1. The topological polar surface area (TPSA) is 202 Å². The number of piperidine rings is 2. The lowest BCUT2D eigenvalue weighted by Crippen LogP contribution is -2.55. The van der Waals surface area contributed by atoms with Crippen LogP contribution in [0, 0.1) is 12.3 Å². The molecule has 336 valence electrons. The van der Waals surface area contributed by atoms with Crippen LogP contribution in [-0.2, 0) is 36.5 Å². The normalized spacial score (nSPS) is 17.8. The molecule has 0 unspecified atom stereocenters. The van der Waals surface area contributed by atoms with Crippen molar-refractivity contribution < 1.29 is 23.9 Å². The number of aromatic amines is 1. The number of primary amides is 1. The van der Waals surface area contributed by atoms with Crippen molar-refractivity contribution in [2.24, 2.45) is 12.8 Å². The van der Waals surface area contributed by atoms with E-state index in [1.807, 2.05) is 54.7 Å². The summed E-state index contributed by atoms with van der Waals surface area (Å²) in [6.07, 6.45) is 14.7. The third-order valence-electron chi connectivity index (χ3n) is 12.9. The molecule has 2 aliphatic heterocycles. The van der Waals surface area contributed by atoms with Gasteiger partial charge in [-0.05, 0) is 74.8 Å². The Labute approximate surface area is 372 Å². The molecule has 0 spiro atoms. The molecule has 2 aromatic carbocycles. The summed E-state index contributed by atoms with van der Waals surface area (Å²) in [4.78, 5) is 67.9. The molecule has 3 aromatic heterocycles. The van der Waals surface area contributed by atoms with Gasteiger partial charge in [-0.3, -0.25) is 19.2 Å². The summed E-state index contributed by atoms with van der Waals surface area (Å²) in [7, 11) is 1.75. The van der Waals surface area contributed by atoms with Gasteiger partial charge in [0.2, 0.25) is 23.7 Å². The number of carbonyl (C=O) groups is 3. The maximum Gasteiger partial charge on any atom is 0.274 e. The molecule has 1 saturated carbocycles. The van der Waals surface area contributed by atoms with Crippen molar-refractivity contribution in [2.45, 2.75) is 81.6 Å². The fourth-order valence-corrected chi connectivity index (χ4v) is 9.00. The summed E-state index contributed by atoms with van der Waals surface area (Å²) in [5.74, 6) is 1.82. The first-order valence-electron chi connectivity index (χ1n) is 22.2. The van der Waals surface area contributed by atoms with E-state index >= 15 is 0 Å². The van der Waals surface area contributed by atoms with Gasteiger partial charge in [0.1, 0.15) is 12.2 Å². The molecule has 0 bridgehead atoms. The predicted molar refractivity (Wildman–Crippen MR) is 245 cm³/mol. The number of hydrogen-bond acceptors (Lipinski definition) is 11. The Morgan fingerprint density at radius 2 is 1.73 bits per heavy atom. The molecule has 16 nitrogen and oxygen atoms in total. The summed E-state index contributed by atoms with van der Waals surface area (Å²) < 4.78 is 15.1. The van der Waals surface area contributed by atoms with Crippen LogP contribution in [0.3, 0.4) is 0 Å². The van der Waals surface area contributed by atoms with Gasteiger partial charge in [-0.15, -0.1) is 6.42 Å². The number of benzene rings is 2. The number of anilines is 1. The first-order chi connectivity index (χ1) is 30.9. The Morgan fingerprint density at radius 3 is 2.45 bits per heavy atom. The third kappa shape index (κ3) is 9.98. The molecule has 3 amide bonds. The molecule has 64 heavy (non-hydrogen) atoms. The zero-order valence-corrected chi connectivity index (χ0v) is 36.7. The van der Waals surface area contributed by atoms with Crippen molar-refractivity contribution in [3.8, 4) is 23.5 Å². The highest BCUT2D eigenvalue weighted by Gasteiger charge is 2.45. The van der Waals surface area contributed by atoms with E-state index in [1.165, 1.54) is 0 Å². The van der Waals surface area contributed by atoms with Gasteiger partial charge in [-0.2, -0.15) is 0 Å². The van der Waals surface area contributed by atoms with Gasteiger partial charge < -0.3 is 50.5 Å². The minimum absolute atomic E-state index is 0.0113. The van der Waals surface area contributed by atoms with E-state index in [2.05, 4.69) is 49.6 Å². The number of aromatic nitrogens is 4. The number of aryl methyl sites for hydroxylation is 1. The van der Waals surface area contributed by atoms with Gasteiger partial charge >= 0.3 is 0 Å². The average Bonchev–Trinajstić information content (AvgIpc) is 3.99. The number of hydrogen-bond donors (Lipinski definition) is 5. The predicted octanol–water partition coefficient (Wildman–Crippen LogP) is 3.42. The van der Waals surface area contributed by atoms with Crippen LogP contribution in [0.25, 0.3) is 32.9 Å². The number of fused-ring (bicyclic) bond motifs is 2. The second-order valence-corrected chi connectivity index (χ2v) is 17.5. The van der Waals surface area contributed by atoms with Gasteiger partial charge in [0.25, 0.3) is 5.56 Å². The number of rotatable bonds is 18. The second-order valence-electron chi connectivity index (χ2n) is 17.5. The molecule has 16 heteroatoms. The van der Waals surface area contributed by atoms with Crippen LogP contribution >= 0.6 is 0 Å².